The molecule has 0 amide bonds. The number of hydrogen-bond acceptors (Lipinski definition) is 2. The van der Waals surface area contributed by atoms with Gasteiger partial charge >= 0.3 is 0 Å². The minimum atomic E-state index is -0.228. The lowest BCUT2D eigenvalue weighted by Gasteiger charge is -2.42. The first kappa shape index (κ1) is 16.5. The first-order valence-electron chi connectivity index (χ1n) is 10.6. The molecule has 3 aromatic rings. The molecule has 2 bridgehead atoms. The Morgan fingerprint density at radius 2 is 1.29 bits per heavy atom. The SMILES string of the molecule is CC1(C)[C@]2(c3ccccc3)N=N[C@@]1(c1ccc3ccccc3c1)[C@H]1CCC[C@H]12. The predicted octanol–water partition coefficient (Wildman–Crippen LogP) is 6.85. The van der Waals surface area contributed by atoms with Gasteiger partial charge in [-0.2, -0.15) is 10.2 Å². The second-order valence-electron chi connectivity index (χ2n) is 9.43. The standard InChI is InChI=1S/C26H26N2/c1-24(2)25(20-11-4-3-5-12-20)22-13-8-14-23(22)26(24,28-27-25)21-16-15-18-9-6-7-10-19(18)17-21/h3-7,9-12,15-17,22-23H,8,13-14H2,1-2H3/t22-,23+,25-,26+/m1/s1. The number of benzene rings is 3. The molecule has 2 aliphatic carbocycles. The maximum atomic E-state index is 5.18. The highest BCUT2D eigenvalue weighted by Crippen LogP contribution is 2.77. The van der Waals surface area contributed by atoms with E-state index in [4.69, 9.17) is 10.2 Å². The van der Waals surface area contributed by atoms with Gasteiger partial charge in [-0.1, -0.05) is 87.0 Å². The van der Waals surface area contributed by atoms with Crippen LogP contribution in [0.1, 0.15) is 44.2 Å². The highest BCUT2D eigenvalue weighted by Gasteiger charge is 2.78. The summed E-state index contributed by atoms with van der Waals surface area (Å²) in [5, 5.41) is 12.9. The van der Waals surface area contributed by atoms with Crippen molar-refractivity contribution in [3.05, 3.63) is 83.9 Å². The first-order valence-corrected chi connectivity index (χ1v) is 10.6. The molecule has 1 heterocycles. The van der Waals surface area contributed by atoms with E-state index in [1.54, 1.807) is 0 Å². The summed E-state index contributed by atoms with van der Waals surface area (Å²) in [6.45, 7) is 4.85. The van der Waals surface area contributed by atoms with Crippen molar-refractivity contribution in [2.24, 2.45) is 27.5 Å². The second-order valence-corrected chi connectivity index (χ2v) is 9.43. The van der Waals surface area contributed by atoms with Crippen molar-refractivity contribution >= 4 is 10.8 Å². The molecular weight excluding hydrogens is 340 g/mol. The predicted molar refractivity (Wildman–Crippen MR) is 113 cm³/mol. The van der Waals surface area contributed by atoms with Gasteiger partial charge in [0.15, 0.2) is 0 Å². The van der Waals surface area contributed by atoms with E-state index in [1.165, 1.54) is 41.2 Å². The summed E-state index contributed by atoms with van der Waals surface area (Å²) in [6.07, 6.45) is 3.81. The molecule has 3 aromatic carbocycles. The fraction of sp³-hybridized carbons (Fsp3) is 0.385. The van der Waals surface area contributed by atoms with E-state index in [-0.39, 0.29) is 16.5 Å². The minimum Gasteiger partial charge on any atom is -0.181 e. The van der Waals surface area contributed by atoms with Crippen molar-refractivity contribution in [1.29, 1.82) is 0 Å². The van der Waals surface area contributed by atoms with Crippen LogP contribution in [0.2, 0.25) is 0 Å². The van der Waals surface area contributed by atoms with E-state index in [0.717, 1.165) is 0 Å². The van der Waals surface area contributed by atoms with Crippen molar-refractivity contribution in [3.8, 4) is 0 Å². The summed E-state index contributed by atoms with van der Waals surface area (Å²) >= 11 is 0. The van der Waals surface area contributed by atoms with E-state index in [0.29, 0.717) is 11.8 Å². The maximum Gasteiger partial charge on any atom is 0.117 e. The van der Waals surface area contributed by atoms with Crippen LogP contribution in [0, 0.1) is 17.3 Å². The fourth-order valence-corrected chi connectivity index (χ4v) is 7.12. The number of rotatable bonds is 2. The fourth-order valence-electron chi connectivity index (χ4n) is 7.12. The molecule has 3 aliphatic rings. The zero-order valence-corrected chi connectivity index (χ0v) is 16.6. The average Bonchev–Trinajstić information content (AvgIpc) is 3.35. The van der Waals surface area contributed by atoms with Gasteiger partial charge in [0.2, 0.25) is 0 Å². The maximum absolute atomic E-state index is 5.18. The Morgan fingerprint density at radius 1 is 0.679 bits per heavy atom. The van der Waals surface area contributed by atoms with Gasteiger partial charge in [0, 0.05) is 5.41 Å². The van der Waals surface area contributed by atoms with Crippen molar-refractivity contribution < 1.29 is 0 Å². The molecule has 0 spiro atoms. The molecule has 0 radical (unpaired) electrons. The van der Waals surface area contributed by atoms with Gasteiger partial charge in [0.05, 0.1) is 0 Å². The van der Waals surface area contributed by atoms with Gasteiger partial charge in [-0.05, 0) is 52.6 Å². The molecule has 2 saturated carbocycles. The molecule has 0 saturated heterocycles. The van der Waals surface area contributed by atoms with E-state index in [2.05, 4.69) is 86.6 Å². The molecule has 1 aliphatic heterocycles. The van der Waals surface area contributed by atoms with Gasteiger partial charge in [0.1, 0.15) is 11.1 Å². The molecule has 0 aromatic heterocycles. The zero-order valence-electron chi connectivity index (χ0n) is 16.6. The first-order chi connectivity index (χ1) is 13.6. The Kier molecular flexibility index (Phi) is 3.13. The molecule has 2 fully saturated rings. The third kappa shape index (κ3) is 1.67. The number of azo groups is 1. The van der Waals surface area contributed by atoms with Gasteiger partial charge in [-0.25, -0.2) is 0 Å². The third-order valence-electron chi connectivity index (χ3n) is 8.26. The van der Waals surface area contributed by atoms with Gasteiger partial charge in [0.25, 0.3) is 0 Å². The van der Waals surface area contributed by atoms with E-state index >= 15 is 0 Å². The van der Waals surface area contributed by atoms with Crippen LogP contribution in [0.5, 0.6) is 0 Å². The van der Waals surface area contributed by atoms with E-state index in [1.807, 2.05) is 0 Å². The summed E-state index contributed by atoms with van der Waals surface area (Å²) in [6, 6.07) is 26.6. The summed E-state index contributed by atoms with van der Waals surface area (Å²) in [5.41, 5.74) is 2.21. The van der Waals surface area contributed by atoms with Crippen LogP contribution in [0.25, 0.3) is 10.8 Å². The molecule has 0 unspecified atom stereocenters. The Hall–Kier alpha value is -2.48. The zero-order chi connectivity index (χ0) is 19.0. The average molecular weight is 367 g/mol. The topological polar surface area (TPSA) is 24.7 Å². The van der Waals surface area contributed by atoms with E-state index in [9.17, 15) is 0 Å². The van der Waals surface area contributed by atoms with Crippen molar-refractivity contribution in [3.63, 3.8) is 0 Å². The molecule has 6 rings (SSSR count). The monoisotopic (exact) mass is 366 g/mol. The van der Waals surface area contributed by atoms with Crippen LogP contribution in [-0.4, -0.2) is 0 Å². The molecule has 0 N–H and O–H groups in total. The Morgan fingerprint density at radius 3 is 2.00 bits per heavy atom. The highest BCUT2D eigenvalue weighted by molar-refractivity contribution is 5.83. The summed E-state index contributed by atoms with van der Waals surface area (Å²) < 4.78 is 0. The number of nitrogens with zero attached hydrogens (tertiary/aromatic N) is 2. The largest absolute Gasteiger partial charge is 0.181 e. The Labute approximate surface area is 166 Å². The third-order valence-corrected chi connectivity index (χ3v) is 8.26. The molecular formula is C26H26N2. The van der Waals surface area contributed by atoms with Crippen LogP contribution in [0.15, 0.2) is 83.0 Å². The number of hydrogen-bond donors (Lipinski definition) is 0. The smallest absolute Gasteiger partial charge is 0.117 e. The summed E-state index contributed by atoms with van der Waals surface area (Å²) in [5.74, 6) is 1.15. The normalized spacial score (nSPS) is 34.8. The minimum absolute atomic E-state index is 0.0560. The van der Waals surface area contributed by atoms with Gasteiger partial charge in [-0.3, -0.25) is 0 Å². The highest BCUT2D eigenvalue weighted by atomic mass is 15.3. The second kappa shape index (κ2) is 5.31. The lowest BCUT2D eigenvalue weighted by atomic mass is 9.61. The summed E-state index contributed by atoms with van der Waals surface area (Å²) in [7, 11) is 0. The number of fused-ring (bicyclic) bond motifs is 6. The van der Waals surface area contributed by atoms with Gasteiger partial charge in [-0.15, -0.1) is 0 Å². The van der Waals surface area contributed by atoms with Crippen LogP contribution in [0.3, 0.4) is 0 Å². The quantitative estimate of drug-likeness (QED) is 0.474. The lowest BCUT2D eigenvalue weighted by Crippen LogP contribution is -2.44. The molecule has 140 valence electrons. The van der Waals surface area contributed by atoms with Crippen LogP contribution in [0.4, 0.5) is 0 Å². The molecule has 28 heavy (non-hydrogen) atoms. The lowest BCUT2D eigenvalue weighted by molar-refractivity contribution is 0.141. The molecule has 2 nitrogen and oxygen atoms in total. The molecule has 4 atom stereocenters. The summed E-state index contributed by atoms with van der Waals surface area (Å²) in [4.78, 5) is 0. The van der Waals surface area contributed by atoms with Crippen molar-refractivity contribution in [1.82, 2.24) is 0 Å². The Bertz CT molecular complexity index is 1100. The van der Waals surface area contributed by atoms with Crippen molar-refractivity contribution in [2.75, 3.05) is 0 Å². The van der Waals surface area contributed by atoms with E-state index < -0.39 is 0 Å². The van der Waals surface area contributed by atoms with Crippen molar-refractivity contribution in [2.45, 2.75) is 44.2 Å². The molecule has 2 heteroatoms. The van der Waals surface area contributed by atoms with Crippen LogP contribution >= 0.6 is 0 Å². The van der Waals surface area contributed by atoms with Gasteiger partial charge < -0.3 is 0 Å². The van der Waals surface area contributed by atoms with Crippen LogP contribution in [-0.2, 0) is 11.1 Å². The van der Waals surface area contributed by atoms with Crippen LogP contribution < -0.4 is 0 Å². The Balaban J connectivity index is 1.62.